The number of aliphatic carboxylic acids is 1. The maximum atomic E-state index is 11.6. The zero-order valence-electron chi connectivity index (χ0n) is 8.65. The summed E-state index contributed by atoms with van der Waals surface area (Å²) >= 11 is 0. The SMILES string of the molecule is Cc1cc2c(cc1C(=O)CC(=O)O)OCO2. The summed E-state index contributed by atoms with van der Waals surface area (Å²) in [5, 5.41) is 8.55. The fourth-order valence-corrected chi connectivity index (χ4v) is 1.58. The van der Waals surface area contributed by atoms with Gasteiger partial charge in [0.2, 0.25) is 6.79 Å². The lowest BCUT2D eigenvalue weighted by Gasteiger charge is -2.05. The highest BCUT2D eigenvalue weighted by Crippen LogP contribution is 2.34. The molecule has 0 amide bonds. The van der Waals surface area contributed by atoms with Gasteiger partial charge in [0, 0.05) is 5.56 Å². The molecule has 0 fully saturated rings. The third-order valence-electron chi connectivity index (χ3n) is 2.33. The van der Waals surface area contributed by atoms with E-state index in [4.69, 9.17) is 14.6 Å². The first-order chi connectivity index (χ1) is 7.58. The van der Waals surface area contributed by atoms with Gasteiger partial charge in [-0.05, 0) is 24.6 Å². The predicted octanol–water partition coefficient (Wildman–Crippen LogP) is 1.38. The Kier molecular flexibility index (Phi) is 2.52. The van der Waals surface area contributed by atoms with Crippen molar-refractivity contribution < 1.29 is 24.2 Å². The molecule has 1 aromatic carbocycles. The lowest BCUT2D eigenvalue weighted by Crippen LogP contribution is -2.08. The molecule has 0 aromatic heterocycles. The molecule has 1 N–H and O–H groups in total. The highest BCUT2D eigenvalue weighted by atomic mass is 16.7. The molecule has 1 aliphatic rings. The van der Waals surface area contributed by atoms with E-state index >= 15 is 0 Å². The van der Waals surface area contributed by atoms with E-state index in [0.29, 0.717) is 22.6 Å². The Morgan fingerprint density at radius 2 is 1.94 bits per heavy atom. The molecule has 5 nitrogen and oxygen atoms in total. The lowest BCUT2D eigenvalue weighted by atomic mass is 10.0. The van der Waals surface area contributed by atoms with Crippen molar-refractivity contribution in [3.63, 3.8) is 0 Å². The number of ether oxygens (including phenoxy) is 2. The van der Waals surface area contributed by atoms with E-state index in [1.165, 1.54) is 6.07 Å². The summed E-state index contributed by atoms with van der Waals surface area (Å²) in [5.41, 5.74) is 1.06. The van der Waals surface area contributed by atoms with Crippen LogP contribution < -0.4 is 9.47 Å². The lowest BCUT2D eigenvalue weighted by molar-refractivity contribution is -0.135. The van der Waals surface area contributed by atoms with Crippen molar-refractivity contribution in [3.05, 3.63) is 23.3 Å². The Morgan fingerprint density at radius 3 is 2.56 bits per heavy atom. The minimum absolute atomic E-state index is 0.130. The van der Waals surface area contributed by atoms with Gasteiger partial charge >= 0.3 is 5.97 Å². The second kappa shape index (κ2) is 3.84. The number of carbonyl (C=O) groups excluding carboxylic acids is 1. The van der Waals surface area contributed by atoms with Crippen molar-refractivity contribution in [2.45, 2.75) is 13.3 Å². The topological polar surface area (TPSA) is 72.8 Å². The number of rotatable bonds is 3. The molecule has 1 heterocycles. The molecule has 0 radical (unpaired) electrons. The summed E-state index contributed by atoms with van der Waals surface area (Å²) in [7, 11) is 0. The summed E-state index contributed by atoms with van der Waals surface area (Å²) in [4.78, 5) is 22.0. The molecular formula is C11H10O5. The van der Waals surface area contributed by atoms with Crippen LogP contribution in [0.4, 0.5) is 0 Å². The smallest absolute Gasteiger partial charge is 0.311 e. The number of carboxylic acid groups (broad SMARTS) is 1. The minimum Gasteiger partial charge on any atom is -0.481 e. The van der Waals surface area contributed by atoms with Crippen molar-refractivity contribution in [1.82, 2.24) is 0 Å². The van der Waals surface area contributed by atoms with Gasteiger partial charge in [-0.1, -0.05) is 0 Å². The minimum atomic E-state index is -1.14. The standard InChI is InChI=1S/C11H10O5/c1-6-2-9-10(16-5-15-9)3-7(6)8(12)4-11(13)14/h2-3H,4-5H2,1H3,(H,13,14). The van der Waals surface area contributed by atoms with Crippen LogP contribution in [-0.4, -0.2) is 23.7 Å². The Labute approximate surface area is 91.6 Å². The van der Waals surface area contributed by atoms with Crippen LogP contribution in [0.25, 0.3) is 0 Å². The van der Waals surface area contributed by atoms with Crippen LogP contribution in [0.5, 0.6) is 11.5 Å². The summed E-state index contributed by atoms with van der Waals surface area (Å²) in [5.74, 6) is -0.492. The van der Waals surface area contributed by atoms with E-state index in [9.17, 15) is 9.59 Å². The third-order valence-corrected chi connectivity index (χ3v) is 2.33. The molecule has 0 atom stereocenters. The second-order valence-electron chi connectivity index (χ2n) is 3.51. The number of carbonyl (C=O) groups is 2. The van der Waals surface area contributed by atoms with Crippen molar-refractivity contribution in [3.8, 4) is 11.5 Å². The first-order valence-electron chi connectivity index (χ1n) is 4.73. The van der Waals surface area contributed by atoms with Crippen LogP contribution in [0, 0.1) is 6.92 Å². The molecule has 2 rings (SSSR count). The monoisotopic (exact) mass is 222 g/mol. The van der Waals surface area contributed by atoms with Gasteiger partial charge in [0.25, 0.3) is 0 Å². The molecule has 5 heteroatoms. The Balaban J connectivity index is 2.34. The molecule has 16 heavy (non-hydrogen) atoms. The van der Waals surface area contributed by atoms with Gasteiger partial charge in [-0.25, -0.2) is 0 Å². The summed E-state index contributed by atoms with van der Waals surface area (Å²) < 4.78 is 10.3. The molecule has 0 unspecified atom stereocenters. The van der Waals surface area contributed by atoms with Crippen LogP contribution >= 0.6 is 0 Å². The largest absolute Gasteiger partial charge is 0.481 e. The number of benzene rings is 1. The normalized spacial score (nSPS) is 12.6. The highest BCUT2D eigenvalue weighted by molar-refractivity contribution is 6.06. The van der Waals surface area contributed by atoms with E-state index < -0.39 is 18.2 Å². The number of hydrogen-bond donors (Lipinski definition) is 1. The van der Waals surface area contributed by atoms with Gasteiger partial charge in [0.15, 0.2) is 17.3 Å². The molecule has 0 saturated carbocycles. The molecule has 1 aromatic rings. The first-order valence-corrected chi connectivity index (χ1v) is 4.73. The second-order valence-corrected chi connectivity index (χ2v) is 3.51. The third kappa shape index (κ3) is 1.84. The number of aryl methyl sites for hydroxylation is 1. The van der Waals surface area contributed by atoms with E-state index in [1.807, 2.05) is 0 Å². The van der Waals surface area contributed by atoms with Crippen LogP contribution in [0.3, 0.4) is 0 Å². The van der Waals surface area contributed by atoms with E-state index in [0.717, 1.165) is 0 Å². The van der Waals surface area contributed by atoms with Crippen molar-refractivity contribution in [2.24, 2.45) is 0 Å². The maximum Gasteiger partial charge on any atom is 0.311 e. The molecule has 0 saturated heterocycles. The van der Waals surface area contributed by atoms with Gasteiger partial charge < -0.3 is 14.6 Å². The van der Waals surface area contributed by atoms with Crippen LogP contribution in [0.15, 0.2) is 12.1 Å². The van der Waals surface area contributed by atoms with Gasteiger partial charge in [-0.2, -0.15) is 0 Å². The van der Waals surface area contributed by atoms with E-state index in [2.05, 4.69) is 0 Å². The van der Waals surface area contributed by atoms with E-state index in [1.54, 1.807) is 13.0 Å². The fraction of sp³-hybridized carbons (Fsp3) is 0.273. The van der Waals surface area contributed by atoms with Gasteiger partial charge in [-0.3, -0.25) is 9.59 Å². The van der Waals surface area contributed by atoms with Gasteiger partial charge in [-0.15, -0.1) is 0 Å². The first kappa shape index (κ1) is 10.5. The zero-order valence-corrected chi connectivity index (χ0v) is 8.65. The predicted molar refractivity (Wildman–Crippen MR) is 53.9 cm³/mol. The molecule has 0 bridgehead atoms. The number of Topliss-reactive ketones (excluding diaryl/α,β-unsaturated/α-hetero) is 1. The Hall–Kier alpha value is -2.04. The average Bonchev–Trinajstić information content (AvgIpc) is 2.61. The van der Waals surface area contributed by atoms with Crippen LogP contribution in [-0.2, 0) is 4.79 Å². The maximum absolute atomic E-state index is 11.6. The molecular weight excluding hydrogens is 212 g/mol. The van der Waals surface area contributed by atoms with Crippen molar-refractivity contribution >= 4 is 11.8 Å². The quantitative estimate of drug-likeness (QED) is 0.617. The summed E-state index contributed by atoms with van der Waals surface area (Å²) in [6, 6.07) is 3.21. The Bertz CT molecular complexity index is 464. The fourth-order valence-electron chi connectivity index (χ4n) is 1.58. The highest BCUT2D eigenvalue weighted by Gasteiger charge is 2.20. The average molecular weight is 222 g/mol. The molecule has 84 valence electrons. The van der Waals surface area contributed by atoms with Crippen LogP contribution in [0.1, 0.15) is 22.3 Å². The van der Waals surface area contributed by atoms with Crippen molar-refractivity contribution in [1.29, 1.82) is 0 Å². The number of fused-ring (bicyclic) bond motifs is 1. The zero-order chi connectivity index (χ0) is 11.7. The molecule has 0 aliphatic carbocycles. The number of hydrogen-bond acceptors (Lipinski definition) is 4. The molecule has 0 spiro atoms. The van der Waals surface area contributed by atoms with Gasteiger partial charge in [0.05, 0.1) is 0 Å². The number of ketones is 1. The Morgan fingerprint density at radius 1 is 1.31 bits per heavy atom. The van der Waals surface area contributed by atoms with E-state index in [-0.39, 0.29) is 6.79 Å². The van der Waals surface area contributed by atoms with Gasteiger partial charge in [0.1, 0.15) is 6.42 Å². The summed E-state index contributed by atoms with van der Waals surface area (Å²) in [6.07, 6.45) is -0.513. The number of carboxylic acids is 1. The van der Waals surface area contributed by atoms with Crippen LogP contribution in [0.2, 0.25) is 0 Å². The van der Waals surface area contributed by atoms with Crippen molar-refractivity contribution in [2.75, 3.05) is 6.79 Å². The summed E-state index contributed by atoms with van der Waals surface area (Å²) in [6.45, 7) is 1.86. The molecule has 1 aliphatic heterocycles.